The molecule has 2 aliphatic rings. The number of nitrogens with zero attached hydrogens (tertiary/aromatic N) is 1. The number of hydrogen-bond acceptors (Lipinski definition) is 2. The first-order chi connectivity index (χ1) is 4.22. The van der Waals surface area contributed by atoms with Crippen molar-refractivity contribution in [2.45, 2.75) is 32.3 Å². The number of fused-ring (bicyclic) bond motifs is 1. The lowest BCUT2D eigenvalue weighted by Crippen LogP contribution is -2.44. The highest BCUT2D eigenvalue weighted by Crippen LogP contribution is 2.46. The van der Waals surface area contributed by atoms with E-state index in [2.05, 4.69) is 19.0 Å². The Morgan fingerprint density at radius 2 is 2.56 bits per heavy atom. The summed E-state index contributed by atoms with van der Waals surface area (Å²) in [4.78, 5) is 5.24. The maximum atomic E-state index is 5.24. The summed E-state index contributed by atoms with van der Waals surface area (Å²) in [5.41, 5.74) is 1.29. The fourth-order valence-electron chi connectivity index (χ4n) is 1.70. The summed E-state index contributed by atoms with van der Waals surface area (Å²) >= 11 is 0. The molecule has 0 aromatic rings. The van der Waals surface area contributed by atoms with Gasteiger partial charge in [0.1, 0.15) is 5.60 Å². The smallest absolute Gasteiger partial charge is 0.143 e. The monoisotopic (exact) mass is 125 g/mol. The Hall–Kier alpha value is -0.530. The quantitative estimate of drug-likeness (QED) is 0.481. The third-order valence-corrected chi connectivity index (χ3v) is 2.57. The van der Waals surface area contributed by atoms with Gasteiger partial charge in [0.15, 0.2) is 0 Å². The second-order valence-corrected chi connectivity index (χ2v) is 3.23. The highest BCUT2D eigenvalue weighted by atomic mass is 16.7. The molecular formula is C7H11NO. The van der Waals surface area contributed by atoms with E-state index >= 15 is 0 Å². The van der Waals surface area contributed by atoms with Crippen molar-refractivity contribution in [2.75, 3.05) is 0 Å². The zero-order chi connectivity index (χ0) is 6.48. The normalized spacial score (nSPS) is 46.9. The van der Waals surface area contributed by atoms with Crippen LogP contribution in [-0.2, 0) is 4.84 Å². The average molecular weight is 125 g/mol. The van der Waals surface area contributed by atoms with Crippen LogP contribution in [-0.4, -0.2) is 11.3 Å². The van der Waals surface area contributed by atoms with Crippen molar-refractivity contribution >= 4 is 5.71 Å². The number of oxime groups is 1. The zero-order valence-electron chi connectivity index (χ0n) is 5.85. The summed E-state index contributed by atoms with van der Waals surface area (Å²) in [6.07, 6.45) is 2.45. The van der Waals surface area contributed by atoms with E-state index in [9.17, 15) is 0 Å². The van der Waals surface area contributed by atoms with Crippen LogP contribution < -0.4 is 0 Å². The Morgan fingerprint density at radius 3 is 2.78 bits per heavy atom. The van der Waals surface area contributed by atoms with Gasteiger partial charge in [-0.05, 0) is 26.7 Å². The Morgan fingerprint density at radius 1 is 1.78 bits per heavy atom. The fourth-order valence-corrected chi connectivity index (χ4v) is 1.70. The first-order valence-electron chi connectivity index (χ1n) is 3.45. The number of rotatable bonds is 0. The summed E-state index contributed by atoms with van der Waals surface area (Å²) in [5, 5.41) is 3.95. The second kappa shape index (κ2) is 1.31. The van der Waals surface area contributed by atoms with Crippen LogP contribution in [0.4, 0.5) is 0 Å². The third kappa shape index (κ3) is 0.485. The summed E-state index contributed by atoms with van der Waals surface area (Å²) in [5.74, 6) is 0.637. The van der Waals surface area contributed by atoms with Gasteiger partial charge in [-0.1, -0.05) is 5.16 Å². The SMILES string of the molecule is CC1=NO[C@]2(C)CCC12. The van der Waals surface area contributed by atoms with Crippen LogP contribution >= 0.6 is 0 Å². The topological polar surface area (TPSA) is 21.6 Å². The molecule has 50 valence electrons. The van der Waals surface area contributed by atoms with E-state index in [0.29, 0.717) is 5.92 Å². The molecule has 1 heterocycles. The lowest BCUT2D eigenvalue weighted by atomic mass is 9.69. The van der Waals surface area contributed by atoms with Gasteiger partial charge in [-0.3, -0.25) is 0 Å². The molecule has 1 aliphatic heterocycles. The van der Waals surface area contributed by atoms with Crippen molar-refractivity contribution in [3.8, 4) is 0 Å². The van der Waals surface area contributed by atoms with Gasteiger partial charge in [0.25, 0.3) is 0 Å². The van der Waals surface area contributed by atoms with Gasteiger partial charge in [0.05, 0.1) is 5.71 Å². The van der Waals surface area contributed by atoms with Crippen molar-refractivity contribution in [1.82, 2.24) is 0 Å². The maximum absolute atomic E-state index is 5.24. The predicted octanol–water partition coefficient (Wildman–Crippen LogP) is 1.56. The highest BCUT2D eigenvalue weighted by Gasteiger charge is 2.50. The van der Waals surface area contributed by atoms with Gasteiger partial charge < -0.3 is 4.84 Å². The van der Waals surface area contributed by atoms with Gasteiger partial charge in [0, 0.05) is 5.92 Å². The molecule has 0 saturated heterocycles. The molecular weight excluding hydrogens is 114 g/mol. The molecule has 9 heavy (non-hydrogen) atoms. The van der Waals surface area contributed by atoms with Crippen LogP contribution in [0.2, 0.25) is 0 Å². The van der Waals surface area contributed by atoms with E-state index in [1.807, 2.05) is 0 Å². The minimum atomic E-state index is 0.101. The summed E-state index contributed by atoms with van der Waals surface area (Å²) in [6.45, 7) is 4.19. The molecule has 0 bridgehead atoms. The van der Waals surface area contributed by atoms with Crippen LogP contribution in [0.3, 0.4) is 0 Å². The van der Waals surface area contributed by atoms with Crippen molar-refractivity contribution in [1.29, 1.82) is 0 Å². The van der Waals surface area contributed by atoms with Gasteiger partial charge in [-0.25, -0.2) is 0 Å². The Kier molecular flexibility index (Phi) is 0.765. The fraction of sp³-hybridized carbons (Fsp3) is 0.857. The molecule has 1 unspecified atom stereocenters. The molecule has 0 radical (unpaired) electrons. The van der Waals surface area contributed by atoms with Gasteiger partial charge in [0.2, 0.25) is 0 Å². The third-order valence-electron chi connectivity index (χ3n) is 2.57. The minimum absolute atomic E-state index is 0.101. The summed E-state index contributed by atoms with van der Waals surface area (Å²) in [6, 6.07) is 0. The van der Waals surface area contributed by atoms with E-state index in [-0.39, 0.29) is 5.60 Å². The van der Waals surface area contributed by atoms with E-state index in [1.54, 1.807) is 0 Å². The van der Waals surface area contributed by atoms with Gasteiger partial charge >= 0.3 is 0 Å². The molecule has 2 nitrogen and oxygen atoms in total. The molecule has 1 saturated carbocycles. The lowest BCUT2D eigenvalue weighted by molar-refractivity contribution is -0.0838. The highest BCUT2D eigenvalue weighted by molar-refractivity contribution is 5.87. The minimum Gasteiger partial charge on any atom is -0.389 e. The molecule has 0 aromatic carbocycles. The second-order valence-electron chi connectivity index (χ2n) is 3.23. The Balaban J connectivity index is 2.24. The van der Waals surface area contributed by atoms with Gasteiger partial charge in [-0.15, -0.1) is 0 Å². The van der Waals surface area contributed by atoms with Gasteiger partial charge in [-0.2, -0.15) is 0 Å². The van der Waals surface area contributed by atoms with Crippen molar-refractivity contribution in [3.63, 3.8) is 0 Å². The van der Waals surface area contributed by atoms with Crippen LogP contribution in [0.15, 0.2) is 5.16 Å². The Bertz CT molecular complexity index is 176. The summed E-state index contributed by atoms with van der Waals surface area (Å²) in [7, 11) is 0. The predicted molar refractivity (Wildman–Crippen MR) is 35.3 cm³/mol. The van der Waals surface area contributed by atoms with Crippen molar-refractivity contribution in [2.24, 2.45) is 11.1 Å². The molecule has 0 aromatic heterocycles. The van der Waals surface area contributed by atoms with Crippen molar-refractivity contribution in [3.05, 3.63) is 0 Å². The molecule has 1 aliphatic carbocycles. The maximum Gasteiger partial charge on any atom is 0.143 e. The lowest BCUT2D eigenvalue weighted by Gasteiger charge is -2.38. The van der Waals surface area contributed by atoms with E-state index in [4.69, 9.17) is 4.84 Å². The van der Waals surface area contributed by atoms with Crippen LogP contribution in [0.25, 0.3) is 0 Å². The molecule has 1 fully saturated rings. The molecule has 0 amide bonds. The Labute approximate surface area is 54.9 Å². The first-order valence-corrected chi connectivity index (χ1v) is 3.45. The van der Waals surface area contributed by atoms with Crippen LogP contribution in [0.5, 0.6) is 0 Å². The number of hydrogen-bond donors (Lipinski definition) is 0. The van der Waals surface area contributed by atoms with E-state index < -0.39 is 0 Å². The first kappa shape index (κ1) is 5.27. The summed E-state index contributed by atoms with van der Waals surface area (Å²) < 4.78 is 0. The standard InChI is InChI=1S/C7H11NO/c1-5-6-3-4-7(6,2)9-8-5/h6H,3-4H2,1-2H3/t6?,7-/m1/s1. The molecule has 2 heteroatoms. The van der Waals surface area contributed by atoms with Crippen LogP contribution in [0.1, 0.15) is 26.7 Å². The average Bonchev–Trinajstić information content (AvgIpc) is 1.93. The zero-order valence-corrected chi connectivity index (χ0v) is 5.85. The van der Waals surface area contributed by atoms with E-state index in [0.717, 1.165) is 0 Å². The van der Waals surface area contributed by atoms with Crippen molar-refractivity contribution < 1.29 is 4.84 Å². The van der Waals surface area contributed by atoms with E-state index in [1.165, 1.54) is 18.6 Å². The molecule has 2 rings (SSSR count). The largest absolute Gasteiger partial charge is 0.389 e. The molecule has 2 atom stereocenters. The molecule has 0 spiro atoms. The van der Waals surface area contributed by atoms with Crippen LogP contribution in [0, 0.1) is 5.92 Å². The molecule has 0 N–H and O–H groups in total.